The van der Waals surface area contributed by atoms with Crippen molar-refractivity contribution in [1.29, 1.82) is 0 Å². The number of ketones is 1. The second kappa shape index (κ2) is 5.86. The van der Waals surface area contributed by atoms with E-state index in [2.05, 4.69) is 13.8 Å². The van der Waals surface area contributed by atoms with Crippen molar-refractivity contribution in [3.05, 3.63) is 58.1 Å². The van der Waals surface area contributed by atoms with Crippen LogP contribution in [0.3, 0.4) is 0 Å². The van der Waals surface area contributed by atoms with Crippen molar-refractivity contribution in [3.63, 3.8) is 0 Å². The zero-order chi connectivity index (χ0) is 15.7. The van der Waals surface area contributed by atoms with Gasteiger partial charge in [-0.1, -0.05) is 24.3 Å². The molecule has 0 heterocycles. The van der Waals surface area contributed by atoms with Crippen LogP contribution in [-0.2, 0) is 4.57 Å². The molecular weight excluding hydrogens is 287 g/mol. The monoisotopic (exact) mass is 303 g/mol. The minimum absolute atomic E-state index is 0.161. The fourth-order valence-electron chi connectivity index (χ4n) is 2.32. The molecule has 1 aromatic carbocycles. The molecule has 0 amide bonds. The lowest BCUT2D eigenvalue weighted by Crippen LogP contribution is -2.11. The number of aryl methyl sites for hydroxylation is 1. The molecule has 0 radical (unpaired) electrons. The Hall–Kier alpha value is -1.87. The molecule has 5 heteroatoms. The van der Waals surface area contributed by atoms with Crippen LogP contribution in [0.4, 0.5) is 0 Å². The van der Waals surface area contributed by atoms with Crippen molar-refractivity contribution in [3.8, 4) is 11.1 Å². The zero-order valence-electron chi connectivity index (χ0n) is 12.0. The standard InChI is InChI=1S/C16H14O.HO3P/c1-9-4-6-13(11(3)10(9)2)16(17)15-8-12-5-7-14(12)15;1-4(2)3/h4-8H,1-3H3;(H-,1,2,3)/p+1. The van der Waals surface area contributed by atoms with Gasteiger partial charge in [0.05, 0.1) is 0 Å². The smallest absolute Gasteiger partial charge is 0.289 e. The highest BCUT2D eigenvalue weighted by molar-refractivity contribution is 7.30. The predicted octanol–water partition coefficient (Wildman–Crippen LogP) is 3.45. The first-order valence-corrected chi connectivity index (χ1v) is 7.60. The van der Waals surface area contributed by atoms with E-state index in [-0.39, 0.29) is 5.78 Å². The summed E-state index contributed by atoms with van der Waals surface area (Å²) in [5, 5.41) is 0. The first-order chi connectivity index (χ1) is 9.82. The molecule has 4 nitrogen and oxygen atoms in total. The first-order valence-electron chi connectivity index (χ1n) is 6.44. The third-order valence-electron chi connectivity index (χ3n) is 3.88. The van der Waals surface area contributed by atoms with Crippen LogP contribution in [-0.4, -0.2) is 15.6 Å². The van der Waals surface area contributed by atoms with E-state index in [9.17, 15) is 4.79 Å². The van der Waals surface area contributed by atoms with Crippen LogP contribution in [0.15, 0.2) is 30.3 Å². The Kier molecular flexibility index (Phi) is 4.33. The van der Waals surface area contributed by atoms with E-state index in [1.165, 1.54) is 16.7 Å². The maximum atomic E-state index is 12.4. The Bertz CT molecular complexity index is 746. The lowest BCUT2D eigenvalue weighted by Gasteiger charge is -2.21. The second-order valence-corrected chi connectivity index (χ2v) is 5.53. The molecule has 2 aliphatic carbocycles. The van der Waals surface area contributed by atoms with Crippen molar-refractivity contribution >= 4 is 14.0 Å². The molecule has 0 aliphatic heterocycles. The predicted molar refractivity (Wildman–Crippen MR) is 81.6 cm³/mol. The molecule has 0 fully saturated rings. The molecule has 2 aliphatic rings. The fraction of sp³-hybridized carbons (Fsp3) is 0.188. The van der Waals surface area contributed by atoms with Crippen LogP contribution in [0.25, 0.3) is 11.1 Å². The minimum atomic E-state index is -2.87. The molecule has 0 unspecified atom stereocenters. The van der Waals surface area contributed by atoms with E-state index < -0.39 is 8.25 Å². The minimum Gasteiger partial charge on any atom is -0.289 e. The molecule has 3 rings (SSSR count). The van der Waals surface area contributed by atoms with E-state index in [1.807, 2.05) is 37.3 Å². The molecule has 0 atom stereocenters. The topological polar surface area (TPSA) is 74.6 Å². The summed E-state index contributed by atoms with van der Waals surface area (Å²) in [5.41, 5.74) is 7.62. The van der Waals surface area contributed by atoms with Gasteiger partial charge in [0.15, 0.2) is 5.78 Å². The average Bonchev–Trinajstić information content (AvgIpc) is 2.38. The summed E-state index contributed by atoms with van der Waals surface area (Å²) >= 11 is 0. The lowest BCUT2D eigenvalue weighted by atomic mass is 9.81. The lowest BCUT2D eigenvalue weighted by molar-refractivity contribution is 0.103. The van der Waals surface area contributed by atoms with E-state index >= 15 is 0 Å². The summed E-state index contributed by atoms with van der Waals surface area (Å²) < 4.78 is 8.70. The molecule has 0 saturated heterocycles. The molecule has 21 heavy (non-hydrogen) atoms. The van der Waals surface area contributed by atoms with Gasteiger partial charge in [-0.2, -0.15) is 0 Å². The summed E-state index contributed by atoms with van der Waals surface area (Å²) in [6.07, 6.45) is 0. The highest BCUT2D eigenvalue weighted by Gasteiger charge is 2.24. The highest BCUT2D eigenvalue weighted by atomic mass is 31.1. The molecule has 1 aromatic rings. The van der Waals surface area contributed by atoms with E-state index in [4.69, 9.17) is 14.4 Å². The Morgan fingerprint density at radius 1 is 0.952 bits per heavy atom. The maximum absolute atomic E-state index is 12.4. The van der Waals surface area contributed by atoms with Crippen LogP contribution in [0.2, 0.25) is 0 Å². The van der Waals surface area contributed by atoms with E-state index in [0.717, 1.165) is 22.3 Å². The Morgan fingerprint density at radius 2 is 1.57 bits per heavy atom. The average molecular weight is 303 g/mol. The van der Waals surface area contributed by atoms with Crippen molar-refractivity contribution in [2.24, 2.45) is 0 Å². The normalized spacial score (nSPS) is 10.5. The van der Waals surface area contributed by atoms with Crippen LogP contribution in [0.5, 0.6) is 0 Å². The van der Waals surface area contributed by atoms with Crippen molar-refractivity contribution in [1.82, 2.24) is 0 Å². The number of fused-ring (bicyclic) bond motifs is 1. The SMILES string of the molecule is Cc1ccc(C(=O)c2cc3ccc2-3)c(C)c1C.O=[P+](O)O. The summed E-state index contributed by atoms with van der Waals surface area (Å²) in [6.45, 7) is 6.18. The van der Waals surface area contributed by atoms with E-state index in [1.54, 1.807) is 0 Å². The van der Waals surface area contributed by atoms with Gasteiger partial charge in [0.25, 0.3) is 0 Å². The van der Waals surface area contributed by atoms with Crippen LogP contribution < -0.4 is 0 Å². The van der Waals surface area contributed by atoms with Gasteiger partial charge < -0.3 is 0 Å². The third-order valence-corrected chi connectivity index (χ3v) is 3.88. The van der Waals surface area contributed by atoms with Gasteiger partial charge in [-0.3, -0.25) is 4.79 Å². The summed E-state index contributed by atoms with van der Waals surface area (Å²) in [6, 6.07) is 10.0. The number of hydrogen-bond acceptors (Lipinski definition) is 2. The second-order valence-electron chi connectivity index (χ2n) is 5.02. The number of carbonyl (C=O) groups is 1. The Morgan fingerprint density at radius 3 is 2.00 bits per heavy atom. The molecule has 108 valence electrons. The number of rotatable bonds is 2. The molecule has 0 saturated carbocycles. The molecule has 0 spiro atoms. The first kappa shape index (κ1) is 15.5. The number of hydrogen-bond donors (Lipinski definition) is 2. The zero-order valence-corrected chi connectivity index (χ0v) is 12.9. The Balaban J connectivity index is 0.000000361. The van der Waals surface area contributed by atoms with Gasteiger partial charge in [-0.05, 0) is 54.7 Å². The molecule has 0 bridgehead atoms. The van der Waals surface area contributed by atoms with Crippen molar-refractivity contribution in [2.75, 3.05) is 0 Å². The molecular formula is C16H16O4P+. The van der Waals surface area contributed by atoms with Gasteiger partial charge in [0.2, 0.25) is 0 Å². The largest absolute Gasteiger partial charge is 0.692 e. The maximum Gasteiger partial charge on any atom is 0.692 e. The number of carbonyl (C=O) groups excluding carboxylic acids is 1. The van der Waals surface area contributed by atoms with Crippen molar-refractivity contribution in [2.45, 2.75) is 20.8 Å². The molecule has 2 N–H and O–H groups in total. The van der Waals surface area contributed by atoms with Gasteiger partial charge in [0.1, 0.15) is 0 Å². The quantitative estimate of drug-likeness (QED) is 0.561. The third kappa shape index (κ3) is 2.93. The van der Waals surface area contributed by atoms with Gasteiger partial charge in [-0.25, -0.2) is 0 Å². The van der Waals surface area contributed by atoms with Crippen LogP contribution in [0.1, 0.15) is 32.6 Å². The number of benzene rings is 2. The van der Waals surface area contributed by atoms with Crippen LogP contribution >= 0.6 is 8.25 Å². The summed E-state index contributed by atoms with van der Waals surface area (Å²) in [7, 11) is -2.87. The fourth-order valence-corrected chi connectivity index (χ4v) is 2.32. The van der Waals surface area contributed by atoms with Crippen molar-refractivity contribution < 1.29 is 19.1 Å². The van der Waals surface area contributed by atoms with Crippen LogP contribution in [0, 0.1) is 20.8 Å². The summed E-state index contributed by atoms with van der Waals surface area (Å²) in [5.74, 6) is 0.161. The summed E-state index contributed by atoms with van der Waals surface area (Å²) in [4.78, 5) is 26.6. The van der Waals surface area contributed by atoms with Gasteiger partial charge in [0, 0.05) is 15.7 Å². The van der Waals surface area contributed by atoms with Gasteiger partial charge in [-0.15, -0.1) is 9.79 Å². The van der Waals surface area contributed by atoms with Gasteiger partial charge >= 0.3 is 8.25 Å². The van der Waals surface area contributed by atoms with E-state index in [0.29, 0.717) is 0 Å². The Labute approximate surface area is 124 Å². The molecule has 0 aromatic heterocycles. The highest BCUT2D eigenvalue weighted by Crippen LogP contribution is 2.38.